The molecule has 4 heteroatoms. The molecule has 0 unspecified atom stereocenters. The number of esters is 1. The lowest BCUT2D eigenvalue weighted by atomic mass is 9.97. The van der Waals surface area contributed by atoms with Crippen LogP contribution in [0.4, 0.5) is 0 Å². The van der Waals surface area contributed by atoms with Crippen LogP contribution in [0.2, 0.25) is 5.04 Å². The van der Waals surface area contributed by atoms with Crippen LogP contribution in [-0.2, 0) is 14.0 Å². The van der Waals surface area contributed by atoms with Crippen molar-refractivity contribution in [2.75, 3.05) is 6.61 Å². The van der Waals surface area contributed by atoms with Gasteiger partial charge in [0, 0.05) is 5.92 Å². The van der Waals surface area contributed by atoms with Gasteiger partial charge in [-0.2, -0.15) is 0 Å². The van der Waals surface area contributed by atoms with Crippen LogP contribution in [0.5, 0.6) is 0 Å². The van der Waals surface area contributed by atoms with Crippen molar-refractivity contribution in [1.82, 2.24) is 0 Å². The minimum absolute atomic E-state index is 0.0709. The van der Waals surface area contributed by atoms with Crippen molar-refractivity contribution in [2.24, 2.45) is 5.92 Å². The highest BCUT2D eigenvalue weighted by atomic mass is 28.4. The lowest BCUT2D eigenvalue weighted by molar-refractivity contribution is -0.142. The SMILES string of the molecule is CCC[C@H]1CC(=O)O[C@@H]1CO[Si](c1ccccc1)(c1ccccc1)C(C)(C)C. The molecule has 3 rings (SSSR count). The van der Waals surface area contributed by atoms with Crippen molar-refractivity contribution in [3.63, 3.8) is 0 Å². The second-order valence-corrected chi connectivity index (χ2v) is 13.1. The summed E-state index contributed by atoms with van der Waals surface area (Å²) in [5, 5.41) is 2.44. The number of ether oxygens (including phenoxy) is 1. The topological polar surface area (TPSA) is 35.5 Å². The molecule has 3 nitrogen and oxygen atoms in total. The Labute approximate surface area is 170 Å². The zero-order valence-electron chi connectivity index (χ0n) is 17.5. The molecule has 28 heavy (non-hydrogen) atoms. The molecule has 2 atom stereocenters. The van der Waals surface area contributed by atoms with Gasteiger partial charge in [0.1, 0.15) is 6.10 Å². The summed E-state index contributed by atoms with van der Waals surface area (Å²) in [6.45, 7) is 9.42. The van der Waals surface area contributed by atoms with Crippen LogP contribution in [0, 0.1) is 5.92 Å². The van der Waals surface area contributed by atoms with E-state index < -0.39 is 8.32 Å². The minimum Gasteiger partial charge on any atom is -0.460 e. The Morgan fingerprint density at radius 2 is 1.54 bits per heavy atom. The van der Waals surface area contributed by atoms with Crippen molar-refractivity contribution in [1.29, 1.82) is 0 Å². The van der Waals surface area contributed by atoms with Crippen LogP contribution in [0.15, 0.2) is 60.7 Å². The second-order valence-electron chi connectivity index (χ2n) is 8.76. The number of hydrogen-bond acceptors (Lipinski definition) is 3. The van der Waals surface area contributed by atoms with Gasteiger partial charge in [0.05, 0.1) is 13.0 Å². The highest BCUT2D eigenvalue weighted by Gasteiger charge is 2.51. The third-order valence-corrected chi connectivity index (χ3v) is 10.8. The standard InChI is InChI=1S/C24H32O3Si/c1-5-12-19-17-23(25)27-22(19)18-26-28(24(2,3)4,20-13-8-6-9-14-20)21-15-10-7-11-16-21/h6-11,13-16,19,22H,5,12,17-18H2,1-4H3/t19-,22+/m0/s1. The summed E-state index contributed by atoms with van der Waals surface area (Å²) in [5.74, 6) is 0.171. The molecule has 0 spiro atoms. The Kier molecular flexibility index (Phi) is 6.41. The molecule has 0 bridgehead atoms. The molecule has 0 N–H and O–H groups in total. The molecule has 1 heterocycles. The fourth-order valence-corrected chi connectivity index (χ4v) is 9.03. The van der Waals surface area contributed by atoms with Crippen molar-refractivity contribution >= 4 is 24.7 Å². The van der Waals surface area contributed by atoms with E-state index >= 15 is 0 Å². The average molecular weight is 397 g/mol. The largest absolute Gasteiger partial charge is 0.460 e. The van der Waals surface area contributed by atoms with E-state index in [4.69, 9.17) is 9.16 Å². The molecule has 2 aromatic rings. The van der Waals surface area contributed by atoms with Gasteiger partial charge in [0.15, 0.2) is 0 Å². The minimum atomic E-state index is -2.58. The predicted molar refractivity (Wildman–Crippen MR) is 116 cm³/mol. The summed E-state index contributed by atoms with van der Waals surface area (Å²) >= 11 is 0. The number of carbonyl (C=O) groups is 1. The van der Waals surface area contributed by atoms with E-state index in [1.165, 1.54) is 10.4 Å². The van der Waals surface area contributed by atoms with Gasteiger partial charge in [-0.3, -0.25) is 4.79 Å². The zero-order valence-corrected chi connectivity index (χ0v) is 18.5. The molecule has 0 aromatic heterocycles. The molecular formula is C24H32O3Si. The second kappa shape index (κ2) is 8.62. The molecule has 2 aromatic carbocycles. The van der Waals surface area contributed by atoms with Crippen molar-refractivity contribution in [2.45, 2.75) is 58.1 Å². The Morgan fingerprint density at radius 3 is 2.00 bits per heavy atom. The average Bonchev–Trinajstić information content (AvgIpc) is 3.02. The van der Waals surface area contributed by atoms with Crippen molar-refractivity contribution in [3.05, 3.63) is 60.7 Å². The third-order valence-electron chi connectivity index (χ3n) is 5.78. The van der Waals surface area contributed by atoms with Crippen LogP contribution < -0.4 is 10.4 Å². The Balaban J connectivity index is 2.00. The highest BCUT2D eigenvalue weighted by Crippen LogP contribution is 2.38. The summed E-state index contributed by atoms with van der Waals surface area (Å²) in [7, 11) is -2.58. The lowest BCUT2D eigenvalue weighted by Gasteiger charge is -2.43. The fourth-order valence-electron chi connectivity index (χ4n) is 4.46. The van der Waals surface area contributed by atoms with Crippen LogP contribution in [0.1, 0.15) is 47.0 Å². The number of benzene rings is 2. The first kappa shape index (κ1) is 20.8. The van der Waals surface area contributed by atoms with Crippen molar-refractivity contribution < 1.29 is 14.0 Å². The summed E-state index contributed by atoms with van der Waals surface area (Å²) in [5.41, 5.74) is 0. The molecule has 1 aliphatic heterocycles. The van der Waals surface area contributed by atoms with Gasteiger partial charge in [-0.05, 0) is 21.8 Å². The van der Waals surface area contributed by atoms with Gasteiger partial charge in [-0.15, -0.1) is 0 Å². The molecule has 0 aliphatic carbocycles. The molecule has 150 valence electrons. The maximum absolute atomic E-state index is 11.9. The third kappa shape index (κ3) is 4.08. The number of carbonyl (C=O) groups excluding carboxylic acids is 1. The normalized spacial score (nSPS) is 20.2. The Morgan fingerprint density at radius 1 is 1.00 bits per heavy atom. The zero-order chi connectivity index (χ0) is 20.2. The van der Waals surface area contributed by atoms with Crippen LogP contribution >= 0.6 is 0 Å². The molecule has 1 saturated heterocycles. The molecular weight excluding hydrogens is 364 g/mol. The first-order valence-corrected chi connectivity index (χ1v) is 12.2. The maximum atomic E-state index is 11.9. The number of cyclic esters (lactones) is 1. The van der Waals surface area contributed by atoms with Crippen LogP contribution in [0.25, 0.3) is 0 Å². The maximum Gasteiger partial charge on any atom is 0.306 e. The van der Waals surface area contributed by atoms with E-state index in [1.54, 1.807) is 0 Å². The molecule has 0 radical (unpaired) electrons. The number of hydrogen-bond donors (Lipinski definition) is 0. The monoisotopic (exact) mass is 396 g/mol. The first-order valence-electron chi connectivity index (χ1n) is 10.3. The Hall–Kier alpha value is -1.91. The van der Waals surface area contributed by atoms with E-state index in [2.05, 4.69) is 76.2 Å². The molecule has 1 aliphatic rings. The van der Waals surface area contributed by atoms with Gasteiger partial charge in [0.25, 0.3) is 8.32 Å². The summed E-state index contributed by atoms with van der Waals surface area (Å²) in [6.07, 6.45) is 2.43. The quantitative estimate of drug-likeness (QED) is 0.517. The lowest BCUT2D eigenvalue weighted by Crippen LogP contribution is -2.67. The first-order chi connectivity index (χ1) is 13.4. The van der Waals surface area contributed by atoms with Crippen LogP contribution in [0.3, 0.4) is 0 Å². The van der Waals surface area contributed by atoms with Gasteiger partial charge in [0.2, 0.25) is 0 Å². The van der Waals surface area contributed by atoms with E-state index in [1.807, 2.05) is 12.1 Å². The van der Waals surface area contributed by atoms with Gasteiger partial charge >= 0.3 is 5.97 Å². The van der Waals surface area contributed by atoms with E-state index in [0.29, 0.717) is 13.0 Å². The summed E-state index contributed by atoms with van der Waals surface area (Å²) < 4.78 is 12.6. The fraction of sp³-hybridized carbons (Fsp3) is 0.458. The highest BCUT2D eigenvalue weighted by molar-refractivity contribution is 6.99. The smallest absolute Gasteiger partial charge is 0.306 e. The van der Waals surface area contributed by atoms with Crippen LogP contribution in [-0.4, -0.2) is 27.0 Å². The predicted octanol–water partition coefficient (Wildman–Crippen LogP) is 4.29. The molecule has 0 saturated carbocycles. The van der Waals surface area contributed by atoms with Gasteiger partial charge in [-0.25, -0.2) is 0 Å². The summed E-state index contributed by atoms with van der Waals surface area (Å²) in [4.78, 5) is 11.9. The van der Waals surface area contributed by atoms with E-state index in [9.17, 15) is 4.79 Å². The van der Waals surface area contributed by atoms with Crippen molar-refractivity contribution in [3.8, 4) is 0 Å². The molecule has 1 fully saturated rings. The van der Waals surface area contributed by atoms with Gasteiger partial charge < -0.3 is 9.16 Å². The Bertz CT molecular complexity index is 728. The summed E-state index contributed by atoms with van der Waals surface area (Å²) in [6, 6.07) is 21.2. The number of rotatable bonds is 7. The molecule has 0 amide bonds. The van der Waals surface area contributed by atoms with Gasteiger partial charge in [-0.1, -0.05) is 94.8 Å². The van der Waals surface area contributed by atoms with E-state index in [0.717, 1.165) is 12.8 Å². The van der Waals surface area contributed by atoms with E-state index in [-0.39, 0.29) is 23.0 Å².